The number of aryl methyl sites for hydroxylation is 1. The zero-order chi connectivity index (χ0) is 28.9. The van der Waals surface area contributed by atoms with Crippen molar-refractivity contribution in [1.29, 1.82) is 0 Å². The molecule has 1 atom stereocenters. The van der Waals surface area contributed by atoms with Crippen LogP contribution in [0.4, 0.5) is 13.2 Å². The number of nitrogens with zero attached hydrogens (tertiary/aromatic N) is 2. The highest BCUT2D eigenvalue weighted by molar-refractivity contribution is 5.85. The third-order valence-electron chi connectivity index (χ3n) is 8.03. The van der Waals surface area contributed by atoms with Gasteiger partial charge in [-0.2, -0.15) is 0 Å². The number of benzene rings is 2. The third-order valence-corrected chi connectivity index (χ3v) is 8.03. The molecule has 3 aromatic rings. The Morgan fingerprint density at radius 3 is 2.62 bits per heavy atom. The number of hydrogen-bond donors (Lipinski definition) is 4. The summed E-state index contributed by atoms with van der Waals surface area (Å²) in [4.78, 5) is 19.4. The van der Waals surface area contributed by atoms with Crippen molar-refractivity contribution in [2.24, 2.45) is 11.1 Å². The van der Waals surface area contributed by atoms with Crippen LogP contribution in [0, 0.1) is 22.9 Å². The molecule has 5 N–H and O–H groups in total. The molecule has 11 heteroatoms. The standard InChI is InChI=1S/C29H35F3N4O4/c1-40-21-4-5-24-22(15-21)26(19(16-33)17-34-24)25(37)6-7-29(28(38)35-39)8-11-36(12-9-29)10-2-3-18-13-20(30)14-23(31)27(18)32/h4-5,13-15,17,25,37,39H,2-3,6-12,16,33H2,1H3,(H,35,38)/t25-/m1/s1. The minimum atomic E-state index is -1.20. The number of fused-ring (bicyclic) bond motifs is 1. The quantitative estimate of drug-likeness (QED) is 0.158. The Labute approximate surface area is 230 Å². The van der Waals surface area contributed by atoms with Gasteiger partial charge in [0.25, 0.3) is 0 Å². The lowest BCUT2D eigenvalue weighted by molar-refractivity contribution is -0.143. The largest absolute Gasteiger partial charge is 0.497 e. The summed E-state index contributed by atoms with van der Waals surface area (Å²) in [6.45, 7) is 1.80. The number of hydrogen-bond acceptors (Lipinski definition) is 7. The Morgan fingerprint density at radius 1 is 1.20 bits per heavy atom. The van der Waals surface area contributed by atoms with E-state index in [1.165, 1.54) is 0 Å². The summed E-state index contributed by atoms with van der Waals surface area (Å²) in [5.41, 5.74) is 8.88. The minimum Gasteiger partial charge on any atom is -0.497 e. The van der Waals surface area contributed by atoms with Crippen LogP contribution in [0.3, 0.4) is 0 Å². The van der Waals surface area contributed by atoms with Gasteiger partial charge in [-0.1, -0.05) is 0 Å². The number of amides is 1. The van der Waals surface area contributed by atoms with Crippen molar-refractivity contribution >= 4 is 16.8 Å². The zero-order valence-corrected chi connectivity index (χ0v) is 22.4. The van der Waals surface area contributed by atoms with E-state index >= 15 is 0 Å². The van der Waals surface area contributed by atoms with Gasteiger partial charge in [-0.05, 0) is 99.1 Å². The summed E-state index contributed by atoms with van der Waals surface area (Å²) in [7, 11) is 1.56. The molecular formula is C29H35F3N4O4. The van der Waals surface area contributed by atoms with E-state index in [2.05, 4.69) is 9.88 Å². The number of carbonyl (C=O) groups is 1. The maximum Gasteiger partial charge on any atom is 0.249 e. The van der Waals surface area contributed by atoms with Crippen LogP contribution < -0.4 is 16.0 Å². The van der Waals surface area contributed by atoms with Gasteiger partial charge in [-0.25, -0.2) is 18.7 Å². The second kappa shape index (κ2) is 12.9. The molecule has 216 valence electrons. The summed E-state index contributed by atoms with van der Waals surface area (Å²) in [5.74, 6) is -2.93. The average Bonchev–Trinajstić information content (AvgIpc) is 2.97. The maximum atomic E-state index is 14.0. The summed E-state index contributed by atoms with van der Waals surface area (Å²) < 4.78 is 46.3. The number of aliphatic hydroxyl groups is 1. The maximum absolute atomic E-state index is 14.0. The smallest absolute Gasteiger partial charge is 0.249 e. The SMILES string of the molecule is COc1ccc2ncc(CN)c([C@H](O)CCC3(C(=O)NO)CCN(CCCc4cc(F)cc(F)c4F)CC3)c2c1. The highest BCUT2D eigenvalue weighted by atomic mass is 19.2. The number of hydroxylamine groups is 1. The van der Waals surface area contributed by atoms with E-state index in [0.29, 0.717) is 73.8 Å². The van der Waals surface area contributed by atoms with Crippen molar-refractivity contribution < 1.29 is 33.0 Å². The van der Waals surface area contributed by atoms with Crippen LogP contribution in [0.1, 0.15) is 54.9 Å². The molecule has 1 fully saturated rings. The number of methoxy groups -OCH3 is 1. The van der Waals surface area contributed by atoms with Crippen LogP contribution in [0.25, 0.3) is 10.9 Å². The molecule has 0 saturated carbocycles. The van der Waals surface area contributed by atoms with E-state index in [1.807, 2.05) is 0 Å². The first kappa shape index (κ1) is 29.7. The molecule has 2 aromatic carbocycles. The second-order valence-electron chi connectivity index (χ2n) is 10.4. The Kier molecular flexibility index (Phi) is 9.62. The second-order valence-corrected chi connectivity index (χ2v) is 10.4. The summed E-state index contributed by atoms with van der Waals surface area (Å²) in [5, 5.41) is 21.5. The fourth-order valence-electron chi connectivity index (χ4n) is 5.67. The van der Waals surface area contributed by atoms with Crippen molar-refractivity contribution in [3.63, 3.8) is 0 Å². The van der Waals surface area contributed by atoms with Crippen molar-refractivity contribution in [1.82, 2.24) is 15.4 Å². The van der Waals surface area contributed by atoms with Crippen LogP contribution in [-0.2, 0) is 17.8 Å². The molecule has 1 saturated heterocycles. The Morgan fingerprint density at radius 2 is 1.95 bits per heavy atom. The summed E-state index contributed by atoms with van der Waals surface area (Å²) in [6, 6.07) is 6.93. The number of nitrogens with two attached hydrogens (primary N) is 1. The van der Waals surface area contributed by atoms with Gasteiger partial charge in [0.1, 0.15) is 11.6 Å². The van der Waals surface area contributed by atoms with Crippen LogP contribution in [0.15, 0.2) is 36.5 Å². The molecule has 0 unspecified atom stereocenters. The first-order chi connectivity index (χ1) is 19.2. The molecule has 4 rings (SSSR count). The molecule has 8 nitrogen and oxygen atoms in total. The van der Waals surface area contributed by atoms with Crippen molar-refractivity contribution in [3.8, 4) is 5.75 Å². The fourth-order valence-corrected chi connectivity index (χ4v) is 5.67. The molecule has 1 amide bonds. The van der Waals surface area contributed by atoms with Crippen molar-refractivity contribution in [2.75, 3.05) is 26.7 Å². The van der Waals surface area contributed by atoms with Gasteiger partial charge >= 0.3 is 0 Å². The number of aromatic nitrogens is 1. The number of carbonyl (C=O) groups excluding carboxylic acids is 1. The van der Waals surface area contributed by atoms with Gasteiger partial charge in [-0.3, -0.25) is 15.0 Å². The van der Waals surface area contributed by atoms with Crippen molar-refractivity contribution in [2.45, 2.75) is 51.2 Å². The molecule has 1 aliphatic heterocycles. The highest BCUT2D eigenvalue weighted by Crippen LogP contribution is 2.40. The van der Waals surface area contributed by atoms with E-state index in [0.717, 1.165) is 11.5 Å². The Balaban J connectivity index is 1.42. The monoisotopic (exact) mass is 560 g/mol. The molecule has 0 bridgehead atoms. The number of pyridine rings is 1. The van der Waals surface area contributed by atoms with Crippen LogP contribution in [-0.4, -0.2) is 52.8 Å². The predicted octanol–water partition coefficient (Wildman–Crippen LogP) is 4.15. The first-order valence-corrected chi connectivity index (χ1v) is 13.4. The predicted molar refractivity (Wildman–Crippen MR) is 143 cm³/mol. The molecule has 2 heterocycles. The number of piperidine rings is 1. The van der Waals surface area contributed by atoms with E-state index < -0.39 is 34.9 Å². The molecular weight excluding hydrogens is 525 g/mol. The molecule has 0 spiro atoms. The molecule has 1 aliphatic rings. The Hall–Kier alpha value is -3.25. The van der Waals surface area contributed by atoms with Crippen molar-refractivity contribution in [3.05, 3.63) is 70.7 Å². The Bertz CT molecular complexity index is 1340. The van der Waals surface area contributed by atoms with Crippen LogP contribution in [0.5, 0.6) is 5.75 Å². The number of aliphatic hydroxyl groups excluding tert-OH is 1. The van der Waals surface area contributed by atoms with E-state index in [9.17, 15) is 28.3 Å². The lowest BCUT2D eigenvalue weighted by Crippen LogP contribution is -2.48. The van der Waals surface area contributed by atoms with Gasteiger partial charge in [0, 0.05) is 24.2 Å². The van der Waals surface area contributed by atoms with Gasteiger partial charge in [0.15, 0.2) is 11.6 Å². The minimum absolute atomic E-state index is 0.00407. The zero-order valence-electron chi connectivity index (χ0n) is 22.4. The number of nitrogens with one attached hydrogen (secondary N) is 1. The molecule has 1 aromatic heterocycles. The fraction of sp³-hybridized carbons (Fsp3) is 0.448. The first-order valence-electron chi connectivity index (χ1n) is 13.4. The van der Waals surface area contributed by atoms with Gasteiger partial charge in [-0.15, -0.1) is 0 Å². The van der Waals surface area contributed by atoms with Gasteiger partial charge in [0.05, 0.1) is 24.1 Å². The third kappa shape index (κ3) is 6.38. The summed E-state index contributed by atoms with van der Waals surface area (Å²) >= 11 is 0. The highest BCUT2D eigenvalue weighted by Gasteiger charge is 2.41. The van der Waals surface area contributed by atoms with Crippen LogP contribution >= 0.6 is 0 Å². The normalized spacial score (nSPS) is 16.2. The van der Waals surface area contributed by atoms with Gasteiger partial charge in [0.2, 0.25) is 5.91 Å². The van der Waals surface area contributed by atoms with Crippen LogP contribution in [0.2, 0.25) is 0 Å². The lowest BCUT2D eigenvalue weighted by Gasteiger charge is -2.40. The number of halogens is 3. The molecule has 0 radical (unpaired) electrons. The lowest BCUT2D eigenvalue weighted by atomic mass is 9.73. The van der Waals surface area contributed by atoms with E-state index in [1.54, 1.807) is 37.0 Å². The number of ether oxygens (including phenoxy) is 1. The molecule has 0 aliphatic carbocycles. The average molecular weight is 561 g/mol. The van der Waals surface area contributed by atoms with E-state index in [4.69, 9.17) is 10.5 Å². The molecule has 40 heavy (non-hydrogen) atoms. The number of rotatable bonds is 11. The number of likely N-dealkylation sites (tertiary alicyclic amines) is 1. The van der Waals surface area contributed by atoms with E-state index in [-0.39, 0.29) is 24.9 Å². The topological polar surface area (TPSA) is 121 Å². The van der Waals surface area contributed by atoms with Gasteiger partial charge < -0.3 is 20.5 Å². The summed E-state index contributed by atoms with van der Waals surface area (Å²) in [6.07, 6.45) is 2.82.